The van der Waals surface area contributed by atoms with Crippen molar-refractivity contribution in [1.29, 1.82) is 0 Å². The van der Waals surface area contributed by atoms with Crippen LogP contribution in [0.2, 0.25) is 0 Å². The van der Waals surface area contributed by atoms with Crippen LogP contribution in [-0.2, 0) is 24.2 Å². The fourth-order valence-electron chi connectivity index (χ4n) is 3.84. The summed E-state index contributed by atoms with van der Waals surface area (Å²) in [6.45, 7) is -1.07. The molecule has 1 amide bonds. The van der Waals surface area contributed by atoms with Gasteiger partial charge in [-0.1, -0.05) is 23.5 Å². The first-order valence-corrected chi connectivity index (χ1v) is 10.7. The molecule has 10 heteroatoms. The number of nitrogens with one attached hydrogen (secondary N) is 1. The molecular formula is C22H18FN5O3S. The number of halogens is 1. The van der Waals surface area contributed by atoms with E-state index in [0.717, 1.165) is 21.7 Å². The third-order valence-electron chi connectivity index (χ3n) is 5.29. The summed E-state index contributed by atoms with van der Waals surface area (Å²) in [5.41, 5.74) is 4.29. The third kappa shape index (κ3) is 3.38. The van der Waals surface area contributed by atoms with Crippen molar-refractivity contribution in [2.24, 2.45) is 0 Å². The van der Waals surface area contributed by atoms with Gasteiger partial charge in [-0.05, 0) is 31.0 Å². The number of rotatable bonds is 5. The van der Waals surface area contributed by atoms with Gasteiger partial charge < -0.3 is 10.2 Å². The maximum atomic E-state index is 15.2. The number of aliphatic hydroxyl groups excluding tert-OH is 2. The van der Waals surface area contributed by atoms with Gasteiger partial charge in [0.2, 0.25) is 0 Å². The van der Waals surface area contributed by atoms with Crippen LogP contribution >= 0.6 is 11.3 Å². The first-order valence-electron chi connectivity index (χ1n) is 9.92. The molecule has 3 N–H and O–H groups in total. The molecule has 1 aliphatic carbocycles. The van der Waals surface area contributed by atoms with Crippen LogP contribution in [0.15, 0.2) is 42.7 Å². The first-order chi connectivity index (χ1) is 15.6. The zero-order valence-corrected chi connectivity index (χ0v) is 17.6. The van der Waals surface area contributed by atoms with Gasteiger partial charge in [0.1, 0.15) is 12.3 Å². The van der Waals surface area contributed by atoms with Crippen molar-refractivity contribution < 1.29 is 19.4 Å². The molecule has 0 fully saturated rings. The predicted molar refractivity (Wildman–Crippen MR) is 117 cm³/mol. The maximum Gasteiger partial charge on any atom is 0.251 e. The average Bonchev–Trinajstić information content (AvgIpc) is 3.40. The number of amides is 1. The maximum absolute atomic E-state index is 15.2. The number of nitrogens with zero attached hydrogens (tertiary/aromatic N) is 4. The Hall–Kier alpha value is -3.47. The summed E-state index contributed by atoms with van der Waals surface area (Å²) in [4.78, 5) is 21.1. The Morgan fingerprint density at radius 2 is 2.09 bits per heavy atom. The molecule has 0 saturated carbocycles. The number of aryl methyl sites for hydroxylation is 1. The minimum absolute atomic E-state index is 0.172. The molecule has 5 rings (SSSR count). The highest BCUT2D eigenvalue weighted by molar-refractivity contribution is 7.19. The summed E-state index contributed by atoms with van der Waals surface area (Å²) in [7, 11) is 0. The van der Waals surface area contributed by atoms with Gasteiger partial charge >= 0.3 is 0 Å². The van der Waals surface area contributed by atoms with Crippen LogP contribution < -0.4 is 5.32 Å². The van der Waals surface area contributed by atoms with E-state index in [1.54, 1.807) is 29.2 Å². The van der Waals surface area contributed by atoms with Gasteiger partial charge in [0.05, 0.1) is 28.6 Å². The quantitative estimate of drug-likeness (QED) is 0.430. The Labute approximate surface area is 186 Å². The lowest BCUT2D eigenvalue weighted by Crippen LogP contribution is -2.15. The molecule has 0 spiro atoms. The summed E-state index contributed by atoms with van der Waals surface area (Å²) in [5, 5.41) is 26.3. The molecule has 0 bridgehead atoms. The molecule has 0 aliphatic heterocycles. The van der Waals surface area contributed by atoms with Crippen LogP contribution in [0.25, 0.3) is 27.5 Å². The molecule has 1 aliphatic rings. The lowest BCUT2D eigenvalue weighted by molar-refractivity contribution is -0.118. The lowest BCUT2D eigenvalue weighted by Gasteiger charge is -2.15. The van der Waals surface area contributed by atoms with E-state index in [9.17, 15) is 9.90 Å². The molecule has 0 saturated heterocycles. The van der Waals surface area contributed by atoms with E-state index in [1.165, 1.54) is 17.4 Å². The van der Waals surface area contributed by atoms with Crippen LogP contribution in [-0.4, -0.2) is 42.5 Å². The molecule has 1 aromatic carbocycles. The minimum Gasteiger partial charge on any atom is -0.392 e. The van der Waals surface area contributed by atoms with Gasteiger partial charge in [-0.2, -0.15) is 5.10 Å². The fraction of sp³-hybridized carbons (Fsp3) is 0.182. The van der Waals surface area contributed by atoms with Crippen molar-refractivity contribution in [3.8, 4) is 27.5 Å². The molecule has 0 unspecified atom stereocenters. The lowest BCUT2D eigenvalue weighted by atomic mass is 9.95. The summed E-state index contributed by atoms with van der Waals surface area (Å²) in [6.07, 6.45) is 4.65. The molecular weight excluding hydrogens is 433 g/mol. The standard InChI is InChI=1S/C22H18FN5O3S/c23-18-13(10-29)3-1-5-16(18)28-20-14(19(27-28)12-4-2-8-24-9-12)6-7-15-21(20)32-22(25-15)26-17(31)11-30/h1-5,8-9,29-30H,6-7,10-11H2,(H,25,26,31). The number of carbonyl (C=O) groups is 1. The van der Waals surface area contributed by atoms with E-state index in [2.05, 4.69) is 15.3 Å². The monoisotopic (exact) mass is 451 g/mol. The van der Waals surface area contributed by atoms with Crippen molar-refractivity contribution in [2.75, 3.05) is 11.9 Å². The van der Waals surface area contributed by atoms with Crippen molar-refractivity contribution in [3.05, 3.63) is 65.4 Å². The third-order valence-corrected chi connectivity index (χ3v) is 6.31. The predicted octanol–water partition coefficient (Wildman–Crippen LogP) is 2.72. The zero-order chi connectivity index (χ0) is 22.2. The number of hydrogen-bond donors (Lipinski definition) is 3. The first kappa shape index (κ1) is 20.4. The zero-order valence-electron chi connectivity index (χ0n) is 16.7. The van der Waals surface area contributed by atoms with Crippen molar-refractivity contribution >= 4 is 22.4 Å². The van der Waals surface area contributed by atoms with Crippen molar-refractivity contribution in [3.63, 3.8) is 0 Å². The summed E-state index contributed by atoms with van der Waals surface area (Å²) in [5.74, 6) is -1.11. The highest BCUT2D eigenvalue weighted by Crippen LogP contribution is 2.44. The van der Waals surface area contributed by atoms with Crippen LogP contribution in [0.1, 0.15) is 16.8 Å². The van der Waals surface area contributed by atoms with Gasteiger partial charge in [0.15, 0.2) is 10.9 Å². The van der Waals surface area contributed by atoms with Gasteiger partial charge in [-0.25, -0.2) is 14.1 Å². The van der Waals surface area contributed by atoms with E-state index in [4.69, 9.17) is 10.2 Å². The Bertz CT molecular complexity index is 1320. The Morgan fingerprint density at radius 1 is 1.22 bits per heavy atom. The number of carbonyl (C=O) groups excluding carboxylic acids is 1. The number of anilines is 1. The molecule has 0 radical (unpaired) electrons. The van der Waals surface area contributed by atoms with E-state index in [1.807, 2.05) is 12.1 Å². The highest BCUT2D eigenvalue weighted by atomic mass is 32.1. The van der Waals surface area contributed by atoms with Crippen LogP contribution in [0, 0.1) is 5.82 Å². The van der Waals surface area contributed by atoms with Crippen molar-refractivity contribution in [2.45, 2.75) is 19.4 Å². The topological polar surface area (TPSA) is 113 Å². The van der Waals surface area contributed by atoms with Gasteiger partial charge in [0.25, 0.3) is 5.91 Å². The number of aromatic nitrogens is 4. The van der Waals surface area contributed by atoms with Gasteiger partial charge in [0, 0.05) is 29.1 Å². The minimum atomic E-state index is -0.641. The Balaban J connectivity index is 1.74. The number of hydrogen-bond acceptors (Lipinski definition) is 7. The summed E-state index contributed by atoms with van der Waals surface area (Å²) < 4.78 is 16.8. The molecule has 3 heterocycles. The molecule has 8 nitrogen and oxygen atoms in total. The largest absolute Gasteiger partial charge is 0.392 e. The molecule has 4 aromatic rings. The highest BCUT2D eigenvalue weighted by Gasteiger charge is 2.31. The number of fused-ring (bicyclic) bond motifs is 3. The Kier molecular flexibility index (Phi) is 5.25. The smallest absolute Gasteiger partial charge is 0.251 e. The molecule has 32 heavy (non-hydrogen) atoms. The second-order valence-electron chi connectivity index (χ2n) is 7.24. The van der Waals surface area contributed by atoms with E-state index < -0.39 is 24.9 Å². The van der Waals surface area contributed by atoms with Crippen LogP contribution in [0.3, 0.4) is 0 Å². The summed E-state index contributed by atoms with van der Waals surface area (Å²) in [6, 6.07) is 8.52. The van der Waals surface area contributed by atoms with Gasteiger partial charge in [-0.3, -0.25) is 15.1 Å². The van der Waals surface area contributed by atoms with E-state index in [-0.39, 0.29) is 11.3 Å². The fourth-order valence-corrected chi connectivity index (χ4v) is 4.93. The number of aliphatic hydroxyl groups is 2. The summed E-state index contributed by atoms with van der Waals surface area (Å²) >= 11 is 1.25. The average molecular weight is 451 g/mol. The molecule has 0 atom stereocenters. The van der Waals surface area contributed by atoms with E-state index in [0.29, 0.717) is 29.4 Å². The van der Waals surface area contributed by atoms with E-state index >= 15 is 4.39 Å². The van der Waals surface area contributed by atoms with Crippen molar-refractivity contribution in [1.82, 2.24) is 19.7 Å². The molecule has 3 aromatic heterocycles. The van der Waals surface area contributed by atoms with Gasteiger partial charge in [-0.15, -0.1) is 0 Å². The van der Waals surface area contributed by atoms with Crippen LogP contribution in [0.5, 0.6) is 0 Å². The SMILES string of the molecule is O=C(CO)Nc1nc2c(s1)-c1c(c(-c3cccnc3)nn1-c1cccc(CO)c1F)CC2. The second-order valence-corrected chi connectivity index (χ2v) is 8.24. The Morgan fingerprint density at radius 3 is 2.84 bits per heavy atom. The molecule has 162 valence electrons. The number of pyridine rings is 1. The second kappa shape index (κ2) is 8.23. The number of thiazole rings is 1. The number of benzene rings is 1. The normalized spacial score (nSPS) is 12.3. The van der Waals surface area contributed by atoms with Crippen LogP contribution in [0.4, 0.5) is 9.52 Å².